The van der Waals surface area contributed by atoms with Gasteiger partial charge in [0.05, 0.1) is 7.11 Å². The molecule has 1 atom stereocenters. The van der Waals surface area contributed by atoms with Crippen molar-refractivity contribution < 1.29 is 32.9 Å². The van der Waals surface area contributed by atoms with Gasteiger partial charge in [-0.1, -0.05) is 24.3 Å². The first-order valence-electron chi connectivity index (χ1n) is 9.91. The topological polar surface area (TPSA) is 82.0 Å². The summed E-state index contributed by atoms with van der Waals surface area (Å²) in [5, 5.41) is 21.5. The van der Waals surface area contributed by atoms with Crippen molar-refractivity contribution in [3.8, 4) is 16.9 Å². The number of carboxylic acids is 1. The van der Waals surface area contributed by atoms with E-state index in [0.29, 0.717) is 29.7 Å². The summed E-state index contributed by atoms with van der Waals surface area (Å²) < 4.78 is 47.8. The third-order valence-electron chi connectivity index (χ3n) is 5.63. The Kier molecular flexibility index (Phi) is 5.37. The number of rotatable bonds is 6. The molecule has 2 aromatic rings. The van der Waals surface area contributed by atoms with Crippen molar-refractivity contribution in [1.29, 1.82) is 0 Å². The molecule has 0 radical (unpaired) electrons. The summed E-state index contributed by atoms with van der Waals surface area (Å²) in [6, 6.07) is 8.79. The number of nitrogens with zero attached hydrogens (tertiary/aromatic N) is 1. The molecule has 4 rings (SSSR count). The molecule has 0 bridgehead atoms. The van der Waals surface area contributed by atoms with Crippen LogP contribution in [-0.4, -0.2) is 41.0 Å². The van der Waals surface area contributed by atoms with Gasteiger partial charge in [0.1, 0.15) is 5.75 Å². The Morgan fingerprint density at radius 3 is 2.62 bits per heavy atom. The van der Waals surface area contributed by atoms with Crippen LogP contribution in [0.4, 0.5) is 13.2 Å². The molecule has 0 aromatic heterocycles. The lowest BCUT2D eigenvalue weighted by atomic mass is 9.88. The van der Waals surface area contributed by atoms with Crippen molar-refractivity contribution in [3.63, 3.8) is 0 Å². The smallest absolute Gasteiger partial charge is 0.425 e. The van der Waals surface area contributed by atoms with Gasteiger partial charge in [-0.3, -0.25) is 9.80 Å². The number of aliphatic hydroxyl groups is 1. The highest BCUT2D eigenvalue weighted by Crippen LogP contribution is 2.57. The Morgan fingerprint density at radius 2 is 1.94 bits per heavy atom. The molecule has 168 valence electrons. The summed E-state index contributed by atoms with van der Waals surface area (Å²) in [5.74, 6) is -0.727. The van der Waals surface area contributed by atoms with Crippen molar-refractivity contribution in [2.45, 2.75) is 24.6 Å². The van der Waals surface area contributed by atoms with Gasteiger partial charge in [-0.2, -0.15) is 13.2 Å². The quantitative estimate of drug-likeness (QED) is 0.622. The van der Waals surface area contributed by atoms with Gasteiger partial charge in [0.2, 0.25) is 5.60 Å². The zero-order chi connectivity index (χ0) is 23.1. The fourth-order valence-electron chi connectivity index (χ4n) is 4.16. The molecule has 1 heterocycles. The first-order chi connectivity index (χ1) is 15.2. The third-order valence-corrected chi connectivity index (χ3v) is 5.63. The summed E-state index contributed by atoms with van der Waals surface area (Å²) in [7, 11) is 1.35. The van der Waals surface area contributed by atoms with Crippen LogP contribution in [-0.2, 0) is 10.4 Å². The molecule has 1 aliphatic heterocycles. The Bertz CT molecular complexity index is 1130. The minimum Gasteiger partial charge on any atom is -0.497 e. The number of alkyl halides is 3. The van der Waals surface area contributed by atoms with Crippen LogP contribution in [0.3, 0.4) is 0 Å². The van der Waals surface area contributed by atoms with E-state index in [2.05, 4.69) is 5.43 Å². The van der Waals surface area contributed by atoms with Gasteiger partial charge in [0.15, 0.2) is 0 Å². The van der Waals surface area contributed by atoms with Crippen LogP contribution in [0.2, 0.25) is 0 Å². The monoisotopic (exact) mass is 446 g/mol. The Morgan fingerprint density at radius 1 is 1.19 bits per heavy atom. The van der Waals surface area contributed by atoms with E-state index in [1.165, 1.54) is 25.3 Å². The molecule has 0 amide bonds. The van der Waals surface area contributed by atoms with Crippen molar-refractivity contribution in [2.75, 3.05) is 13.7 Å². The largest absolute Gasteiger partial charge is 0.497 e. The van der Waals surface area contributed by atoms with E-state index in [0.717, 1.165) is 0 Å². The first-order valence-corrected chi connectivity index (χ1v) is 9.91. The lowest BCUT2D eigenvalue weighted by Crippen LogP contribution is -2.41. The summed E-state index contributed by atoms with van der Waals surface area (Å²) in [6.07, 6.45) is 0.456. The number of carbonyl (C=O) groups is 1. The average molecular weight is 446 g/mol. The minimum atomic E-state index is -4.95. The fourth-order valence-corrected chi connectivity index (χ4v) is 4.16. The normalized spacial score (nSPS) is 19.2. The van der Waals surface area contributed by atoms with E-state index in [-0.39, 0.29) is 28.9 Å². The Labute approximate surface area is 182 Å². The number of carboxylic acid groups (broad SMARTS) is 1. The molecule has 2 aromatic carbocycles. The van der Waals surface area contributed by atoms with E-state index < -0.39 is 17.7 Å². The maximum absolute atomic E-state index is 14.2. The number of hydrazine groups is 1. The van der Waals surface area contributed by atoms with Crippen LogP contribution in [0.1, 0.15) is 29.5 Å². The number of hydrogen-bond acceptors (Lipinski definition) is 5. The average Bonchev–Trinajstić information content (AvgIpc) is 3.03. The molecule has 6 nitrogen and oxygen atoms in total. The number of fused-ring (bicyclic) bond motifs is 3. The molecule has 3 N–H and O–H groups in total. The number of allylic oxidation sites excluding steroid dienone is 2. The second-order valence-corrected chi connectivity index (χ2v) is 7.59. The van der Waals surface area contributed by atoms with Gasteiger partial charge >= 0.3 is 12.1 Å². The lowest BCUT2D eigenvalue weighted by molar-refractivity contribution is -0.246. The van der Waals surface area contributed by atoms with Crippen molar-refractivity contribution >= 4 is 11.5 Å². The van der Waals surface area contributed by atoms with Gasteiger partial charge in [-0.15, -0.1) is 0 Å². The molecule has 32 heavy (non-hydrogen) atoms. The predicted molar refractivity (Wildman–Crippen MR) is 111 cm³/mol. The predicted octanol–water partition coefficient (Wildman–Crippen LogP) is 4.01. The fraction of sp³-hybridized carbons (Fsp3) is 0.261. The highest BCUT2D eigenvalue weighted by molar-refractivity contribution is 5.93. The number of hydrogen-bond donors (Lipinski definition) is 3. The van der Waals surface area contributed by atoms with E-state index >= 15 is 0 Å². The number of nitrogens with one attached hydrogen (secondary N) is 1. The first kappa shape index (κ1) is 21.8. The van der Waals surface area contributed by atoms with Gasteiger partial charge in [0.25, 0.3) is 0 Å². The number of halogens is 3. The lowest BCUT2D eigenvalue weighted by Gasteiger charge is -2.29. The molecule has 1 aliphatic carbocycles. The molecule has 0 spiro atoms. The van der Waals surface area contributed by atoms with Crippen molar-refractivity contribution in [2.24, 2.45) is 0 Å². The highest BCUT2D eigenvalue weighted by Gasteiger charge is 2.61. The zero-order valence-corrected chi connectivity index (χ0v) is 17.1. The van der Waals surface area contributed by atoms with Crippen LogP contribution in [0.25, 0.3) is 16.7 Å². The van der Waals surface area contributed by atoms with Crippen molar-refractivity contribution in [3.05, 3.63) is 71.6 Å². The van der Waals surface area contributed by atoms with Crippen LogP contribution < -0.4 is 10.2 Å². The van der Waals surface area contributed by atoms with E-state index in [4.69, 9.17) is 9.84 Å². The highest BCUT2D eigenvalue weighted by atomic mass is 19.4. The maximum Gasteiger partial charge on any atom is 0.425 e. The molecule has 0 fully saturated rings. The Hall–Kier alpha value is -3.46. The molecule has 0 saturated carbocycles. The van der Waals surface area contributed by atoms with Crippen LogP contribution >= 0.6 is 0 Å². The summed E-state index contributed by atoms with van der Waals surface area (Å²) >= 11 is 0. The molecular formula is C23H21F3N2O4. The Balaban J connectivity index is 1.87. The summed E-state index contributed by atoms with van der Waals surface area (Å²) in [4.78, 5) is 10.8. The number of benzene rings is 2. The second kappa shape index (κ2) is 7.90. The van der Waals surface area contributed by atoms with E-state index in [9.17, 15) is 23.1 Å². The maximum atomic E-state index is 14.2. The number of aliphatic carboxylic acids is 1. The van der Waals surface area contributed by atoms with Crippen LogP contribution in [0, 0.1) is 0 Å². The number of methoxy groups -OCH3 is 1. The van der Waals surface area contributed by atoms with E-state index in [1.54, 1.807) is 41.7 Å². The zero-order valence-electron chi connectivity index (χ0n) is 17.1. The van der Waals surface area contributed by atoms with Crippen molar-refractivity contribution in [1.82, 2.24) is 10.4 Å². The van der Waals surface area contributed by atoms with Crippen LogP contribution in [0.5, 0.6) is 5.75 Å². The standard InChI is InChI=1S/C23H21F3N2O4/c1-32-15-11-17(14-8-9-27-28(13-14)10-4-7-20(29)30)21-16-5-2-3-6-18(16)22(31,19(21)12-15)23(24,25)26/h2-3,5-6,8-9,11-13,27,31H,4,7,10H2,1H3,(H,29,30). The van der Waals surface area contributed by atoms with Gasteiger partial charge in [0, 0.05) is 42.1 Å². The summed E-state index contributed by atoms with van der Waals surface area (Å²) in [5.41, 5.74) is 0.928. The molecular weight excluding hydrogens is 425 g/mol. The van der Waals surface area contributed by atoms with Gasteiger partial charge < -0.3 is 20.4 Å². The SMILES string of the molecule is COc1cc(C2=CN(CCCC(=O)O)NC=C2)c2c(c1)C(O)(C(F)(F)F)c1ccccc1-2. The number of ether oxygens (including phenoxy) is 1. The molecule has 1 unspecified atom stereocenters. The molecule has 9 heteroatoms. The van der Waals surface area contributed by atoms with Gasteiger partial charge in [-0.25, -0.2) is 0 Å². The third kappa shape index (κ3) is 3.48. The van der Waals surface area contributed by atoms with Gasteiger partial charge in [-0.05, 0) is 41.3 Å². The van der Waals surface area contributed by atoms with Crippen LogP contribution in [0.15, 0.2) is 54.9 Å². The molecule has 0 saturated heterocycles. The van der Waals surface area contributed by atoms with E-state index in [1.807, 2.05) is 0 Å². The molecule has 2 aliphatic rings. The second-order valence-electron chi connectivity index (χ2n) is 7.59. The minimum absolute atomic E-state index is 0.00832. The summed E-state index contributed by atoms with van der Waals surface area (Å²) in [6.45, 7) is 0.384.